The maximum atomic E-state index is 13.7. The quantitative estimate of drug-likeness (QED) is 0.0551. The van der Waals surface area contributed by atoms with E-state index in [1.807, 2.05) is 120 Å². The van der Waals surface area contributed by atoms with E-state index in [-0.39, 0.29) is 58.4 Å². The molecule has 2 aromatic heterocycles. The van der Waals surface area contributed by atoms with Gasteiger partial charge in [-0.05, 0) is 105 Å². The number of phenolic OH excluding ortho intramolecular Hbond substituents is 2. The number of alkyl halides is 2. The first kappa shape index (κ1) is 46.3. The fraction of sp³-hybridized carbons (Fsp3) is 0.264. The highest BCUT2D eigenvalue weighted by atomic mass is 35.5. The number of aromatic amines is 2. The number of ether oxygens (including phenoxy) is 1. The lowest BCUT2D eigenvalue weighted by molar-refractivity contribution is -0.116. The van der Waals surface area contributed by atoms with Crippen LogP contribution in [0.5, 0.6) is 17.2 Å². The molecule has 4 atom stereocenters. The van der Waals surface area contributed by atoms with E-state index in [1.165, 1.54) is 0 Å². The number of benzene rings is 6. The molecule has 13 nitrogen and oxygen atoms in total. The molecule has 0 radical (unpaired) electrons. The Morgan fingerprint density at radius 1 is 0.706 bits per heavy atom. The lowest BCUT2D eigenvalue weighted by Gasteiger charge is -2.18. The highest BCUT2D eigenvalue weighted by Crippen LogP contribution is 2.49. The number of nitrogens with one attached hydrogen (secondary N) is 4. The van der Waals surface area contributed by atoms with Crippen molar-refractivity contribution in [1.82, 2.24) is 20.2 Å². The smallest absolute Gasteiger partial charge is 0.274 e. The standard InChI is InChI=1S/C27H27ClN4O3.C26H26ClN3O3/c1-15(28)20-13-32(23-12-24(33)18-6-4-5-7-19(18)26(20)23)27(35)22-11-16-10-17(8-9-21(16)30-22)29-25(34)14-31(2)3;1-15(27)20-14-30(23-13-24(31)18-5-3-4-6-19(18)25(20)23)26(32)22-12-16-11-17(33-10-9-28-2)7-8-21(16)29-22/h4-12,15,20,30,33H,13-14H2,1-3H3,(H,29,34);3-8,11-13,15,20,28-29,31H,9-10,14H2,1-2H3/t2*15-,20+/m11/s1. The number of carbonyl (C=O) groups is 3. The number of hydrogen-bond acceptors (Lipinski definition) is 8. The van der Waals surface area contributed by atoms with E-state index in [9.17, 15) is 24.6 Å². The molecule has 8 aromatic rings. The number of hydrogen-bond donors (Lipinski definition) is 6. The molecule has 350 valence electrons. The Balaban J connectivity index is 0.000000170. The molecule has 10 rings (SSSR count). The molecule has 15 heteroatoms. The normalized spacial score (nSPS) is 16.2. The molecule has 2 aliphatic rings. The van der Waals surface area contributed by atoms with Crippen molar-refractivity contribution >= 4 is 101 Å². The van der Waals surface area contributed by atoms with E-state index < -0.39 is 0 Å². The molecule has 0 aliphatic carbocycles. The monoisotopic (exact) mass is 953 g/mol. The van der Waals surface area contributed by atoms with Crippen LogP contribution in [0.25, 0.3) is 43.4 Å². The minimum atomic E-state index is -0.199. The van der Waals surface area contributed by atoms with Gasteiger partial charge >= 0.3 is 0 Å². The van der Waals surface area contributed by atoms with Gasteiger partial charge in [-0.1, -0.05) is 48.5 Å². The summed E-state index contributed by atoms with van der Waals surface area (Å²) in [6.45, 7) is 6.37. The Labute approximate surface area is 403 Å². The van der Waals surface area contributed by atoms with E-state index in [4.69, 9.17) is 27.9 Å². The maximum absolute atomic E-state index is 13.7. The maximum Gasteiger partial charge on any atom is 0.274 e. The zero-order chi connectivity index (χ0) is 48.0. The van der Waals surface area contributed by atoms with Gasteiger partial charge < -0.3 is 50.3 Å². The number of aromatic hydroxyl groups is 2. The van der Waals surface area contributed by atoms with E-state index in [0.29, 0.717) is 48.1 Å². The molecule has 0 saturated heterocycles. The third-order valence-corrected chi connectivity index (χ3v) is 13.4. The van der Waals surface area contributed by atoms with Crippen molar-refractivity contribution in [2.75, 3.05) is 69.0 Å². The van der Waals surface area contributed by atoms with Crippen LogP contribution < -0.4 is 25.2 Å². The molecule has 0 saturated carbocycles. The van der Waals surface area contributed by atoms with Crippen LogP contribution in [0.4, 0.5) is 17.1 Å². The Morgan fingerprint density at radius 3 is 1.68 bits per heavy atom. The minimum Gasteiger partial charge on any atom is -0.507 e. The van der Waals surface area contributed by atoms with Crippen molar-refractivity contribution < 1.29 is 29.3 Å². The van der Waals surface area contributed by atoms with Crippen molar-refractivity contribution in [2.45, 2.75) is 36.4 Å². The van der Waals surface area contributed by atoms with Crippen LogP contribution in [0.2, 0.25) is 0 Å². The van der Waals surface area contributed by atoms with Gasteiger partial charge in [0.2, 0.25) is 5.91 Å². The second-order valence-electron chi connectivity index (χ2n) is 17.8. The van der Waals surface area contributed by atoms with Crippen molar-refractivity contribution in [3.63, 3.8) is 0 Å². The molecule has 0 fully saturated rings. The predicted molar refractivity (Wildman–Crippen MR) is 274 cm³/mol. The zero-order valence-corrected chi connectivity index (χ0v) is 39.9. The summed E-state index contributed by atoms with van der Waals surface area (Å²) in [5.74, 6) is 0.490. The van der Waals surface area contributed by atoms with Gasteiger partial charge in [-0.25, -0.2) is 0 Å². The van der Waals surface area contributed by atoms with Gasteiger partial charge in [0.05, 0.1) is 17.9 Å². The average Bonchev–Trinajstić information content (AvgIpc) is 4.12. The third-order valence-electron chi connectivity index (χ3n) is 12.8. The summed E-state index contributed by atoms with van der Waals surface area (Å²) in [4.78, 5) is 51.1. The van der Waals surface area contributed by atoms with E-state index in [2.05, 4.69) is 20.6 Å². The molecule has 6 N–H and O–H groups in total. The number of aromatic nitrogens is 2. The highest BCUT2D eigenvalue weighted by Gasteiger charge is 2.39. The molecule has 6 aromatic carbocycles. The first-order chi connectivity index (χ1) is 32.7. The van der Waals surface area contributed by atoms with Crippen LogP contribution in [-0.4, -0.2) is 107 Å². The van der Waals surface area contributed by atoms with Crippen LogP contribution >= 0.6 is 23.2 Å². The van der Waals surface area contributed by atoms with Gasteiger partial charge in [0.15, 0.2) is 0 Å². The van der Waals surface area contributed by atoms with Gasteiger partial charge in [-0.3, -0.25) is 14.4 Å². The number of nitrogens with zero attached hydrogens (tertiary/aromatic N) is 3. The molecule has 68 heavy (non-hydrogen) atoms. The first-order valence-corrected chi connectivity index (χ1v) is 23.5. The van der Waals surface area contributed by atoms with Crippen molar-refractivity contribution in [1.29, 1.82) is 0 Å². The summed E-state index contributed by atoms with van der Waals surface area (Å²) in [5.41, 5.74) is 6.62. The number of rotatable bonds is 11. The van der Waals surface area contributed by atoms with Crippen molar-refractivity contribution in [3.8, 4) is 17.2 Å². The SMILES string of the molecule is CNCCOc1ccc2[nH]c(C(=O)N3C[C@@H]([C@@H](C)Cl)c4c3cc(O)c3ccccc43)cc2c1.C[C@@H](Cl)[C@@H]1CN(C(=O)c2cc3cc(NC(=O)CN(C)C)ccc3[nH]2)c2cc(O)c3ccccc3c21. The van der Waals surface area contributed by atoms with Crippen LogP contribution in [0, 0.1) is 0 Å². The number of amides is 3. The average molecular weight is 955 g/mol. The summed E-state index contributed by atoms with van der Waals surface area (Å²) in [6.07, 6.45) is 0. The van der Waals surface area contributed by atoms with Crippen LogP contribution in [0.1, 0.15) is 57.8 Å². The van der Waals surface area contributed by atoms with Crippen LogP contribution in [0.3, 0.4) is 0 Å². The van der Waals surface area contributed by atoms with E-state index in [1.54, 1.807) is 39.0 Å². The molecule has 4 heterocycles. The zero-order valence-electron chi connectivity index (χ0n) is 38.4. The van der Waals surface area contributed by atoms with Gasteiger partial charge in [0.25, 0.3) is 11.8 Å². The molecule has 0 unspecified atom stereocenters. The number of likely N-dealkylation sites (N-methyl/N-ethyl adjacent to an activating group) is 2. The Hall–Kier alpha value is -6.77. The fourth-order valence-electron chi connectivity index (χ4n) is 9.55. The van der Waals surface area contributed by atoms with Gasteiger partial charge in [-0.2, -0.15) is 0 Å². The Kier molecular flexibility index (Phi) is 13.0. The second kappa shape index (κ2) is 19.1. The van der Waals surface area contributed by atoms with E-state index >= 15 is 0 Å². The molecular weight excluding hydrogens is 902 g/mol. The topological polar surface area (TPSA) is 166 Å². The largest absolute Gasteiger partial charge is 0.507 e. The van der Waals surface area contributed by atoms with Gasteiger partial charge in [0.1, 0.15) is 35.2 Å². The molecule has 0 spiro atoms. The first-order valence-electron chi connectivity index (χ1n) is 22.6. The second-order valence-corrected chi connectivity index (χ2v) is 19.2. The lowest BCUT2D eigenvalue weighted by atomic mass is 9.92. The predicted octanol–water partition coefficient (Wildman–Crippen LogP) is 9.89. The van der Waals surface area contributed by atoms with Crippen molar-refractivity contribution in [2.24, 2.45) is 0 Å². The minimum absolute atomic E-state index is 0.0346. The van der Waals surface area contributed by atoms with Crippen molar-refractivity contribution in [3.05, 3.63) is 132 Å². The summed E-state index contributed by atoms with van der Waals surface area (Å²) in [6, 6.07) is 33.6. The van der Waals surface area contributed by atoms with Gasteiger partial charge in [-0.15, -0.1) is 23.2 Å². The summed E-state index contributed by atoms with van der Waals surface area (Å²) >= 11 is 13.2. The van der Waals surface area contributed by atoms with E-state index in [0.717, 1.165) is 66.8 Å². The summed E-state index contributed by atoms with van der Waals surface area (Å²) < 4.78 is 5.75. The molecule has 2 aliphatic heterocycles. The number of anilines is 3. The van der Waals surface area contributed by atoms with Crippen LogP contribution in [-0.2, 0) is 4.79 Å². The summed E-state index contributed by atoms with van der Waals surface area (Å²) in [5, 5.41) is 32.0. The number of fused-ring (bicyclic) bond motifs is 8. The molecule has 3 amide bonds. The number of carbonyl (C=O) groups excluding carboxylic acids is 3. The molecule has 0 bridgehead atoms. The highest BCUT2D eigenvalue weighted by molar-refractivity contribution is 6.22. The number of phenols is 2. The number of H-pyrrole nitrogens is 2. The number of halogens is 2. The fourth-order valence-corrected chi connectivity index (χ4v) is 9.96. The van der Waals surface area contributed by atoms with Gasteiger partial charge in [0, 0.05) is 92.6 Å². The Morgan fingerprint density at radius 2 is 1.19 bits per heavy atom. The molecular formula is C53H53Cl2N7O6. The summed E-state index contributed by atoms with van der Waals surface area (Å²) in [7, 11) is 5.55. The lowest BCUT2D eigenvalue weighted by Crippen LogP contribution is -2.31. The Bertz CT molecular complexity index is 3240. The third kappa shape index (κ3) is 8.90. The van der Waals surface area contributed by atoms with Crippen LogP contribution in [0.15, 0.2) is 109 Å².